The Morgan fingerprint density at radius 1 is 1.25 bits per heavy atom. The Kier molecular flexibility index (Phi) is 5.13. The number of urea groups is 1. The molecule has 0 aliphatic rings. The van der Waals surface area contributed by atoms with Crippen molar-refractivity contribution in [2.75, 3.05) is 11.9 Å². The minimum atomic E-state index is -1.06. The molecule has 1 rings (SSSR count). The third kappa shape index (κ3) is 4.91. The van der Waals surface area contributed by atoms with Gasteiger partial charge in [0, 0.05) is 6.54 Å². The molecule has 0 aromatic heterocycles. The van der Waals surface area contributed by atoms with Crippen LogP contribution in [0, 0.1) is 12.3 Å². The largest absolute Gasteiger partial charge is 0.478 e. The van der Waals surface area contributed by atoms with Gasteiger partial charge in [-0.3, -0.25) is 0 Å². The van der Waals surface area contributed by atoms with Gasteiger partial charge in [-0.25, -0.2) is 9.59 Å². The average Bonchev–Trinajstić information content (AvgIpc) is 2.29. The molecule has 0 saturated carbocycles. The molecule has 0 bridgehead atoms. The maximum Gasteiger partial charge on any atom is 0.337 e. The second kappa shape index (κ2) is 6.41. The van der Waals surface area contributed by atoms with E-state index in [-0.39, 0.29) is 17.0 Å². The van der Waals surface area contributed by atoms with E-state index >= 15 is 0 Å². The number of carbonyl (C=O) groups excluding carboxylic acids is 1. The van der Waals surface area contributed by atoms with Crippen molar-refractivity contribution in [3.63, 3.8) is 0 Å². The summed E-state index contributed by atoms with van der Waals surface area (Å²) in [5.41, 5.74) is 1.29. The van der Waals surface area contributed by atoms with E-state index in [1.807, 2.05) is 0 Å². The van der Waals surface area contributed by atoms with Gasteiger partial charge in [0.2, 0.25) is 0 Å². The number of anilines is 1. The zero-order chi connectivity index (χ0) is 15.3. The molecule has 20 heavy (non-hydrogen) atoms. The van der Waals surface area contributed by atoms with E-state index in [9.17, 15) is 9.59 Å². The van der Waals surface area contributed by atoms with Crippen LogP contribution in [0.2, 0.25) is 0 Å². The van der Waals surface area contributed by atoms with Crippen LogP contribution in [0.4, 0.5) is 10.5 Å². The lowest BCUT2D eigenvalue weighted by molar-refractivity contribution is 0.0698. The van der Waals surface area contributed by atoms with Crippen molar-refractivity contribution in [3.8, 4) is 0 Å². The number of carbonyl (C=O) groups is 2. The van der Waals surface area contributed by atoms with E-state index in [0.29, 0.717) is 12.2 Å². The highest BCUT2D eigenvalue weighted by Crippen LogP contribution is 2.20. The van der Waals surface area contributed by atoms with E-state index in [1.54, 1.807) is 19.1 Å². The number of para-hydroxylation sites is 1. The number of rotatable bonds is 4. The van der Waals surface area contributed by atoms with E-state index in [2.05, 4.69) is 31.4 Å². The molecule has 0 atom stereocenters. The Labute approximate surface area is 119 Å². The van der Waals surface area contributed by atoms with Crippen LogP contribution in [0.15, 0.2) is 18.2 Å². The Morgan fingerprint density at radius 3 is 2.45 bits per heavy atom. The molecule has 110 valence electrons. The predicted octanol–water partition coefficient (Wildman–Crippen LogP) is 3.25. The second-order valence-corrected chi connectivity index (χ2v) is 5.99. The van der Waals surface area contributed by atoms with Gasteiger partial charge in [-0.05, 0) is 30.4 Å². The number of amides is 2. The van der Waals surface area contributed by atoms with Crippen molar-refractivity contribution >= 4 is 17.7 Å². The molecule has 5 nitrogen and oxygen atoms in total. The zero-order valence-electron chi connectivity index (χ0n) is 12.4. The first-order valence-electron chi connectivity index (χ1n) is 6.58. The monoisotopic (exact) mass is 278 g/mol. The SMILES string of the molecule is Cc1cccc(C(=O)O)c1NC(=O)NCCC(C)(C)C. The summed E-state index contributed by atoms with van der Waals surface area (Å²) < 4.78 is 0. The molecule has 0 spiro atoms. The second-order valence-electron chi connectivity index (χ2n) is 5.99. The molecule has 3 N–H and O–H groups in total. The molecule has 0 radical (unpaired) electrons. The first-order valence-corrected chi connectivity index (χ1v) is 6.58. The molecule has 2 amide bonds. The highest BCUT2D eigenvalue weighted by atomic mass is 16.4. The zero-order valence-corrected chi connectivity index (χ0v) is 12.4. The first-order chi connectivity index (χ1) is 9.20. The number of nitrogens with one attached hydrogen (secondary N) is 2. The Hall–Kier alpha value is -2.04. The summed E-state index contributed by atoms with van der Waals surface area (Å²) in [5, 5.41) is 14.5. The van der Waals surface area contributed by atoms with E-state index in [0.717, 1.165) is 12.0 Å². The fraction of sp³-hybridized carbons (Fsp3) is 0.467. The van der Waals surface area contributed by atoms with Crippen molar-refractivity contribution < 1.29 is 14.7 Å². The van der Waals surface area contributed by atoms with Gasteiger partial charge >= 0.3 is 12.0 Å². The highest BCUT2D eigenvalue weighted by Gasteiger charge is 2.15. The normalized spacial score (nSPS) is 11.0. The number of aromatic carboxylic acids is 1. The highest BCUT2D eigenvalue weighted by molar-refractivity contribution is 6.00. The van der Waals surface area contributed by atoms with Crippen molar-refractivity contribution in [2.24, 2.45) is 5.41 Å². The molecule has 1 aromatic carbocycles. The summed E-state index contributed by atoms with van der Waals surface area (Å²) in [6, 6.07) is 4.50. The van der Waals surface area contributed by atoms with Crippen molar-refractivity contribution in [2.45, 2.75) is 34.1 Å². The molecule has 0 unspecified atom stereocenters. The summed E-state index contributed by atoms with van der Waals surface area (Å²) in [6.45, 7) is 8.59. The molecule has 0 aliphatic carbocycles. The fourth-order valence-corrected chi connectivity index (χ4v) is 1.72. The molecule has 1 aromatic rings. The Bertz CT molecular complexity index is 504. The van der Waals surface area contributed by atoms with Crippen molar-refractivity contribution in [1.82, 2.24) is 5.32 Å². The lowest BCUT2D eigenvalue weighted by Gasteiger charge is -2.18. The topological polar surface area (TPSA) is 78.4 Å². The van der Waals surface area contributed by atoms with Crippen LogP contribution in [0.25, 0.3) is 0 Å². The summed E-state index contributed by atoms with van der Waals surface area (Å²) >= 11 is 0. The van der Waals surface area contributed by atoms with Gasteiger partial charge in [-0.1, -0.05) is 32.9 Å². The minimum Gasteiger partial charge on any atom is -0.478 e. The maximum absolute atomic E-state index is 11.8. The van der Waals surface area contributed by atoms with Crippen LogP contribution in [0.1, 0.15) is 43.1 Å². The Morgan fingerprint density at radius 2 is 1.90 bits per heavy atom. The van der Waals surface area contributed by atoms with Crippen LogP contribution in [-0.4, -0.2) is 23.7 Å². The van der Waals surface area contributed by atoms with Crippen LogP contribution in [0.3, 0.4) is 0 Å². The number of hydrogen-bond acceptors (Lipinski definition) is 2. The third-order valence-electron chi connectivity index (χ3n) is 2.90. The number of carboxylic acids is 1. The lowest BCUT2D eigenvalue weighted by Crippen LogP contribution is -2.32. The van der Waals surface area contributed by atoms with Gasteiger partial charge in [-0.15, -0.1) is 0 Å². The standard InChI is InChI=1S/C15H22N2O3/c1-10-6-5-7-11(13(18)19)12(10)17-14(20)16-9-8-15(2,3)4/h5-7H,8-9H2,1-4H3,(H,18,19)(H2,16,17,20). The van der Waals surface area contributed by atoms with Crippen molar-refractivity contribution in [1.29, 1.82) is 0 Å². The van der Waals surface area contributed by atoms with Gasteiger partial charge in [0.1, 0.15) is 0 Å². The lowest BCUT2D eigenvalue weighted by atomic mass is 9.92. The summed E-state index contributed by atoms with van der Waals surface area (Å²) in [6.07, 6.45) is 0.847. The van der Waals surface area contributed by atoms with Gasteiger partial charge in [0.25, 0.3) is 0 Å². The van der Waals surface area contributed by atoms with Crippen LogP contribution in [-0.2, 0) is 0 Å². The maximum atomic E-state index is 11.8. The van der Waals surface area contributed by atoms with Crippen molar-refractivity contribution in [3.05, 3.63) is 29.3 Å². The molecule has 0 saturated heterocycles. The summed E-state index contributed by atoms with van der Waals surface area (Å²) in [5.74, 6) is -1.06. The summed E-state index contributed by atoms with van der Waals surface area (Å²) in [4.78, 5) is 22.9. The van der Waals surface area contributed by atoms with Crippen LogP contribution in [0.5, 0.6) is 0 Å². The number of hydrogen-bond donors (Lipinski definition) is 3. The molecular formula is C15H22N2O3. The number of benzene rings is 1. The van der Waals surface area contributed by atoms with Crippen LogP contribution >= 0.6 is 0 Å². The number of aryl methyl sites for hydroxylation is 1. The average molecular weight is 278 g/mol. The predicted molar refractivity (Wildman–Crippen MR) is 79.2 cm³/mol. The quantitative estimate of drug-likeness (QED) is 0.791. The molecule has 5 heteroatoms. The molecular weight excluding hydrogens is 256 g/mol. The van der Waals surface area contributed by atoms with Crippen LogP contribution < -0.4 is 10.6 Å². The molecule has 0 fully saturated rings. The van der Waals surface area contributed by atoms with Gasteiger partial charge in [-0.2, -0.15) is 0 Å². The fourth-order valence-electron chi connectivity index (χ4n) is 1.72. The Balaban J connectivity index is 2.69. The van der Waals surface area contributed by atoms with E-state index in [4.69, 9.17) is 5.11 Å². The minimum absolute atomic E-state index is 0.0935. The molecule has 0 aliphatic heterocycles. The summed E-state index contributed by atoms with van der Waals surface area (Å²) in [7, 11) is 0. The third-order valence-corrected chi connectivity index (χ3v) is 2.90. The van der Waals surface area contributed by atoms with E-state index in [1.165, 1.54) is 6.07 Å². The first kappa shape index (κ1) is 16.0. The van der Waals surface area contributed by atoms with Gasteiger partial charge in [0.15, 0.2) is 0 Å². The smallest absolute Gasteiger partial charge is 0.337 e. The number of carboxylic acid groups (broad SMARTS) is 1. The van der Waals surface area contributed by atoms with Gasteiger partial charge in [0.05, 0.1) is 11.3 Å². The molecule has 0 heterocycles. The van der Waals surface area contributed by atoms with E-state index < -0.39 is 5.97 Å². The van der Waals surface area contributed by atoms with Gasteiger partial charge < -0.3 is 15.7 Å².